The average molecular weight is 430 g/mol. The molecule has 5 rings (SSSR count). The second-order valence-corrected chi connectivity index (χ2v) is 8.93. The van der Waals surface area contributed by atoms with Gasteiger partial charge in [-0.1, -0.05) is 30.3 Å². The number of nitrogens with zero attached hydrogens (tertiary/aromatic N) is 5. The molecular weight excluding hydrogens is 398 g/mol. The summed E-state index contributed by atoms with van der Waals surface area (Å²) in [5.74, 6) is 2.35. The lowest BCUT2D eigenvalue weighted by molar-refractivity contribution is 0.0839. The van der Waals surface area contributed by atoms with E-state index in [0.717, 1.165) is 69.4 Å². The topological polar surface area (TPSA) is 44.7 Å². The van der Waals surface area contributed by atoms with E-state index < -0.39 is 0 Å². The molecule has 2 aliphatic rings. The third kappa shape index (κ3) is 5.09. The lowest BCUT2D eigenvalue weighted by atomic mass is 10.0. The van der Waals surface area contributed by atoms with Gasteiger partial charge in [0, 0.05) is 75.8 Å². The van der Waals surface area contributed by atoms with Crippen molar-refractivity contribution in [3.63, 3.8) is 0 Å². The van der Waals surface area contributed by atoms with E-state index >= 15 is 0 Å². The molecule has 6 heteroatoms. The number of piperazine rings is 1. The van der Waals surface area contributed by atoms with Crippen LogP contribution in [0.15, 0.2) is 67.0 Å². The van der Waals surface area contributed by atoms with Crippen LogP contribution in [-0.4, -0.2) is 72.7 Å². The summed E-state index contributed by atoms with van der Waals surface area (Å²) in [6.07, 6.45) is 3.78. The van der Waals surface area contributed by atoms with Crippen molar-refractivity contribution < 1.29 is 4.74 Å². The Morgan fingerprint density at radius 3 is 2.44 bits per heavy atom. The number of hydrogen-bond donors (Lipinski definition) is 0. The predicted molar refractivity (Wildman–Crippen MR) is 128 cm³/mol. The molecule has 32 heavy (non-hydrogen) atoms. The molecule has 0 amide bonds. The Hall–Kier alpha value is -2.96. The summed E-state index contributed by atoms with van der Waals surface area (Å²) in [5, 5.41) is 0. The Kier molecular flexibility index (Phi) is 6.32. The predicted octanol–water partition coefficient (Wildman–Crippen LogP) is 3.41. The van der Waals surface area contributed by atoms with Crippen molar-refractivity contribution in [3.8, 4) is 17.0 Å². The van der Waals surface area contributed by atoms with Crippen molar-refractivity contribution in [1.29, 1.82) is 0 Å². The van der Waals surface area contributed by atoms with Gasteiger partial charge in [0.1, 0.15) is 5.82 Å². The highest BCUT2D eigenvalue weighted by Crippen LogP contribution is 2.25. The Labute approximate surface area is 190 Å². The van der Waals surface area contributed by atoms with Crippen LogP contribution in [0.5, 0.6) is 5.88 Å². The fourth-order valence-electron chi connectivity index (χ4n) is 4.53. The van der Waals surface area contributed by atoms with Crippen LogP contribution >= 0.6 is 0 Å². The van der Waals surface area contributed by atoms with E-state index in [-0.39, 0.29) is 0 Å². The SMILES string of the molecule is CN1CC(COc2cc(-c3ccc(N4CCN(Cc5ccccc5)CC4)nc3)ccn2)C1. The molecule has 6 nitrogen and oxygen atoms in total. The summed E-state index contributed by atoms with van der Waals surface area (Å²) >= 11 is 0. The molecule has 0 spiro atoms. The molecular formula is C26H31N5O. The van der Waals surface area contributed by atoms with E-state index in [1.54, 1.807) is 0 Å². The number of pyridine rings is 2. The van der Waals surface area contributed by atoms with Crippen LogP contribution < -0.4 is 9.64 Å². The minimum Gasteiger partial charge on any atom is -0.477 e. The van der Waals surface area contributed by atoms with E-state index in [2.05, 4.69) is 69.2 Å². The number of likely N-dealkylation sites (tertiary alicyclic amines) is 1. The van der Waals surface area contributed by atoms with Gasteiger partial charge in [-0.2, -0.15) is 0 Å². The fourth-order valence-corrected chi connectivity index (χ4v) is 4.53. The first kappa shape index (κ1) is 20.9. The number of benzene rings is 1. The van der Waals surface area contributed by atoms with Gasteiger partial charge < -0.3 is 14.5 Å². The fraction of sp³-hybridized carbons (Fsp3) is 0.385. The van der Waals surface area contributed by atoms with Crippen molar-refractivity contribution in [2.45, 2.75) is 6.54 Å². The van der Waals surface area contributed by atoms with Crippen LogP contribution in [0.2, 0.25) is 0 Å². The summed E-state index contributed by atoms with van der Waals surface area (Å²) < 4.78 is 5.92. The normalized spacial score (nSPS) is 17.8. The van der Waals surface area contributed by atoms with Crippen LogP contribution in [0.3, 0.4) is 0 Å². The van der Waals surface area contributed by atoms with E-state index in [4.69, 9.17) is 9.72 Å². The van der Waals surface area contributed by atoms with Crippen molar-refractivity contribution in [2.75, 3.05) is 57.8 Å². The number of hydrogen-bond acceptors (Lipinski definition) is 6. The molecule has 0 bridgehead atoms. The number of ether oxygens (including phenoxy) is 1. The first-order chi connectivity index (χ1) is 15.7. The maximum absolute atomic E-state index is 5.92. The lowest BCUT2D eigenvalue weighted by Gasteiger charge is -2.35. The van der Waals surface area contributed by atoms with Gasteiger partial charge in [0.25, 0.3) is 0 Å². The Morgan fingerprint density at radius 2 is 1.72 bits per heavy atom. The van der Waals surface area contributed by atoms with Crippen LogP contribution in [0.25, 0.3) is 11.1 Å². The van der Waals surface area contributed by atoms with E-state index in [1.165, 1.54) is 5.56 Å². The Morgan fingerprint density at radius 1 is 0.906 bits per heavy atom. The number of anilines is 1. The van der Waals surface area contributed by atoms with Crippen LogP contribution in [0, 0.1) is 5.92 Å². The van der Waals surface area contributed by atoms with Crippen molar-refractivity contribution in [3.05, 3.63) is 72.6 Å². The molecule has 0 N–H and O–H groups in total. The summed E-state index contributed by atoms with van der Waals surface area (Å²) in [5.41, 5.74) is 3.56. The van der Waals surface area contributed by atoms with Gasteiger partial charge >= 0.3 is 0 Å². The zero-order valence-corrected chi connectivity index (χ0v) is 18.7. The summed E-state index contributed by atoms with van der Waals surface area (Å²) in [6.45, 7) is 8.07. The highest BCUT2D eigenvalue weighted by molar-refractivity contribution is 5.64. The minimum absolute atomic E-state index is 0.611. The van der Waals surface area contributed by atoms with Crippen molar-refractivity contribution >= 4 is 5.82 Å². The zero-order valence-electron chi connectivity index (χ0n) is 18.7. The van der Waals surface area contributed by atoms with Gasteiger partial charge in [-0.3, -0.25) is 4.90 Å². The van der Waals surface area contributed by atoms with Gasteiger partial charge in [-0.15, -0.1) is 0 Å². The second-order valence-electron chi connectivity index (χ2n) is 8.93. The Balaban J connectivity index is 1.15. The smallest absolute Gasteiger partial charge is 0.213 e. The van der Waals surface area contributed by atoms with Crippen LogP contribution in [0.4, 0.5) is 5.82 Å². The number of aromatic nitrogens is 2. The maximum atomic E-state index is 5.92. The Bertz CT molecular complexity index is 996. The van der Waals surface area contributed by atoms with Gasteiger partial charge in [0.2, 0.25) is 5.88 Å². The average Bonchev–Trinajstić information content (AvgIpc) is 2.83. The minimum atomic E-state index is 0.611. The highest BCUT2D eigenvalue weighted by Gasteiger charge is 2.23. The standard InChI is InChI=1S/C26H31N5O/c1-29-17-22(18-29)20-32-26-15-23(9-10-27-26)24-7-8-25(28-16-24)31-13-11-30(12-14-31)19-21-5-3-2-4-6-21/h2-10,15-16,22H,11-14,17-20H2,1H3. The molecule has 0 atom stereocenters. The third-order valence-electron chi connectivity index (χ3n) is 6.37. The lowest BCUT2D eigenvalue weighted by Crippen LogP contribution is -2.46. The van der Waals surface area contributed by atoms with Gasteiger partial charge in [0.05, 0.1) is 6.61 Å². The highest BCUT2D eigenvalue weighted by atomic mass is 16.5. The quantitative estimate of drug-likeness (QED) is 0.574. The monoisotopic (exact) mass is 429 g/mol. The molecule has 0 unspecified atom stereocenters. The summed E-state index contributed by atoms with van der Waals surface area (Å²) in [6, 6.07) is 19.0. The molecule has 1 aromatic carbocycles. The summed E-state index contributed by atoms with van der Waals surface area (Å²) in [7, 11) is 2.14. The molecule has 2 fully saturated rings. The molecule has 2 aromatic heterocycles. The molecule has 2 saturated heterocycles. The first-order valence-electron chi connectivity index (χ1n) is 11.5. The van der Waals surface area contributed by atoms with Gasteiger partial charge in [-0.25, -0.2) is 9.97 Å². The van der Waals surface area contributed by atoms with E-state index in [0.29, 0.717) is 11.8 Å². The van der Waals surface area contributed by atoms with Gasteiger partial charge in [0.15, 0.2) is 0 Å². The molecule has 2 aliphatic heterocycles. The molecule has 0 aliphatic carbocycles. The zero-order chi connectivity index (χ0) is 21.8. The first-order valence-corrected chi connectivity index (χ1v) is 11.5. The second kappa shape index (κ2) is 9.67. The molecule has 166 valence electrons. The summed E-state index contributed by atoms with van der Waals surface area (Å²) in [4.78, 5) is 16.3. The third-order valence-corrected chi connectivity index (χ3v) is 6.37. The van der Waals surface area contributed by atoms with E-state index in [1.807, 2.05) is 24.5 Å². The van der Waals surface area contributed by atoms with Crippen LogP contribution in [0.1, 0.15) is 5.56 Å². The van der Waals surface area contributed by atoms with E-state index in [9.17, 15) is 0 Å². The van der Waals surface area contributed by atoms with Gasteiger partial charge in [-0.05, 0) is 36.4 Å². The molecule has 3 aromatic rings. The molecule has 0 saturated carbocycles. The van der Waals surface area contributed by atoms with Crippen molar-refractivity contribution in [1.82, 2.24) is 19.8 Å². The van der Waals surface area contributed by atoms with Crippen molar-refractivity contribution in [2.24, 2.45) is 5.92 Å². The molecule has 0 radical (unpaired) electrons. The molecule has 4 heterocycles. The van der Waals surface area contributed by atoms with Crippen LogP contribution in [-0.2, 0) is 6.54 Å². The maximum Gasteiger partial charge on any atom is 0.213 e. The largest absolute Gasteiger partial charge is 0.477 e. The number of rotatable bonds is 7.